The van der Waals surface area contributed by atoms with E-state index in [1.54, 1.807) is 12.4 Å². The summed E-state index contributed by atoms with van der Waals surface area (Å²) in [6.07, 6.45) is 3.43. The number of benzene rings is 1. The summed E-state index contributed by atoms with van der Waals surface area (Å²) in [6, 6.07) is 13.2. The van der Waals surface area contributed by atoms with Crippen LogP contribution in [0.15, 0.2) is 60.0 Å². The molecule has 1 aromatic carbocycles. The number of carboxylic acid groups (broad SMARTS) is 1. The number of hydrogen-bond donors (Lipinski definition) is 2. The fourth-order valence-corrected chi connectivity index (χ4v) is 2.11. The number of hydrogen-bond acceptors (Lipinski definition) is 4. The Kier molecular flexibility index (Phi) is 3.82. The zero-order valence-electron chi connectivity index (χ0n) is 11.6. The summed E-state index contributed by atoms with van der Waals surface area (Å²) >= 11 is 0. The average Bonchev–Trinajstić information content (AvgIpc) is 2.95. The van der Waals surface area contributed by atoms with E-state index in [-0.39, 0.29) is 0 Å². The smallest absolute Gasteiger partial charge is 0.344 e. The maximum atomic E-state index is 10.6. The fourth-order valence-electron chi connectivity index (χ4n) is 2.11. The zero-order valence-corrected chi connectivity index (χ0v) is 11.6. The van der Waals surface area contributed by atoms with Crippen LogP contribution in [0.25, 0.3) is 10.9 Å². The molecule has 0 amide bonds. The molecule has 0 saturated carbocycles. The van der Waals surface area contributed by atoms with Gasteiger partial charge in [0.15, 0.2) is 0 Å². The molecule has 0 aliphatic heterocycles. The van der Waals surface area contributed by atoms with Gasteiger partial charge in [-0.2, -0.15) is 0 Å². The normalized spacial score (nSPS) is 11.5. The van der Waals surface area contributed by atoms with Gasteiger partial charge in [0.25, 0.3) is 0 Å². The van der Waals surface area contributed by atoms with Crippen LogP contribution in [0.4, 0.5) is 0 Å². The summed E-state index contributed by atoms with van der Waals surface area (Å²) in [5.41, 5.74) is 2.98. The lowest BCUT2D eigenvalue weighted by molar-refractivity contribution is -0.142. The standard InChI is InChI=1S/C16H13N3O3/c20-15(21)10-22-19-16(11-4-2-1-3-5-11)13-8-12-6-7-17-9-14(12)18-13/h1-9,18H,10H2,(H,20,21). The van der Waals surface area contributed by atoms with E-state index in [1.807, 2.05) is 42.5 Å². The Labute approximate surface area is 126 Å². The average molecular weight is 295 g/mol. The molecule has 22 heavy (non-hydrogen) atoms. The monoisotopic (exact) mass is 295 g/mol. The van der Waals surface area contributed by atoms with E-state index in [9.17, 15) is 4.79 Å². The second-order valence-corrected chi connectivity index (χ2v) is 4.62. The van der Waals surface area contributed by atoms with Crippen LogP contribution in [-0.2, 0) is 9.63 Å². The van der Waals surface area contributed by atoms with Crippen LogP contribution in [0, 0.1) is 0 Å². The largest absolute Gasteiger partial charge is 0.479 e. The van der Waals surface area contributed by atoms with Gasteiger partial charge in [-0.25, -0.2) is 4.79 Å². The first-order valence-corrected chi connectivity index (χ1v) is 6.64. The number of aliphatic carboxylic acids is 1. The number of nitrogens with one attached hydrogen (secondary N) is 1. The van der Waals surface area contributed by atoms with Gasteiger partial charge >= 0.3 is 5.97 Å². The van der Waals surface area contributed by atoms with E-state index in [4.69, 9.17) is 9.94 Å². The molecular weight excluding hydrogens is 282 g/mol. The minimum Gasteiger partial charge on any atom is -0.479 e. The molecule has 110 valence electrons. The molecule has 6 nitrogen and oxygen atoms in total. The van der Waals surface area contributed by atoms with Gasteiger partial charge in [0.1, 0.15) is 5.71 Å². The van der Waals surface area contributed by atoms with Gasteiger partial charge in [0.2, 0.25) is 6.61 Å². The molecule has 0 aliphatic carbocycles. The third kappa shape index (κ3) is 2.95. The minimum atomic E-state index is -1.07. The molecule has 0 saturated heterocycles. The summed E-state index contributed by atoms with van der Waals surface area (Å²) < 4.78 is 0. The van der Waals surface area contributed by atoms with Gasteiger partial charge in [0, 0.05) is 17.1 Å². The molecular formula is C16H13N3O3. The van der Waals surface area contributed by atoms with E-state index in [0.29, 0.717) is 5.71 Å². The summed E-state index contributed by atoms with van der Waals surface area (Å²) in [5, 5.41) is 13.6. The molecule has 0 atom stereocenters. The molecule has 2 aromatic heterocycles. The van der Waals surface area contributed by atoms with Crippen molar-refractivity contribution in [1.29, 1.82) is 0 Å². The summed E-state index contributed by atoms with van der Waals surface area (Å²) in [4.78, 5) is 22.8. The predicted octanol–water partition coefficient (Wildman–Crippen LogP) is 2.42. The number of aromatic amines is 1. The Morgan fingerprint density at radius 1 is 1.27 bits per heavy atom. The van der Waals surface area contributed by atoms with Crippen molar-refractivity contribution in [2.75, 3.05) is 6.61 Å². The van der Waals surface area contributed by atoms with Crippen molar-refractivity contribution in [2.45, 2.75) is 0 Å². The number of oxime groups is 1. The first-order chi connectivity index (χ1) is 10.7. The number of aromatic nitrogens is 2. The third-order valence-electron chi connectivity index (χ3n) is 3.07. The first kappa shape index (κ1) is 13.8. The van der Waals surface area contributed by atoms with Crippen molar-refractivity contribution < 1.29 is 14.7 Å². The van der Waals surface area contributed by atoms with Gasteiger partial charge in [-0.05, 0) is 12.1 Å². The van der Waals surface area contributed by atoms with Crippen molar-refractivity contribution >= 4 is 22.6 Å². The number of pyridine rings is 1. The maximum Gasteiger partial charge on any atom is 0.344 e. The predicted molar refractivity (Wildman–Crippen MR) is 81.8 cm³/mol. The topological polar surface area (TPSA) is 87.6 Å². The molecule has 0 bridgehead atoms. The second-order valence-electron chi connectivity index (χ2n) is 4.62. The minimum absolute atomic E-state index is 0.488. The van der Waals surface area contributed by atoms with E-state index in [2.05, 4.69) is 15.1 Å². The van der Waals surface area contributed by atoms with E-state index >= 15 is 0 Å². The molecule has 0 radical (unpaired) electrons. The van der Waals surface area contributed by atoms with Crippen molar-refractivity contribution in [3.05, 3.63) is 66.1 Å². The first-order valence-electron chi connectivity index (χ1n) is 6.64. The molecule has 6 heteroatoms. The van der Waals surface area contributed by atoms with E-state index in [1.165, 1.54) is 0 Å². The molecule has 0 fully saturated rings. The van der Waals surface area contributed by atoms with Gasteiger partial charge in [-0.3, -0.25) is 4.98 Å². The highest BCUT2D eigenvalue weighted by Crippen LogP contribution is 2.17. The molecule has 0 spiro atoms. The van der Waals surface area contributed by atoms with Crippen LogP contribution in [-0.4, -0.2) is 33.4 Å². The number of carboxylic acids is 1. The Bertz CT molecular complexity index is 792. The Morgan fingerprint density at radius 2 is 2.09 bits per heavy atom. The van der Waals surface area contributed by atoms with Gasteiger partial charge < -0.3 is 14.9 Å². The van der Waals surface area contributed by atoms with Crippen molar-refractivity contribution in [2.24, 2.45) is 5.16 Å². The molecule has 2 heterocycles. The SMILES string of the molecule is O=C(O)CON=C(c1ccccc1)c1cc2ccncc2[nH]1. The maximum absolute atomic E-state index is 10.6. The highest BCUT2D eigenvalue weighted by Gasteiger charge is 2.11. The molecule has 0 aliphatic rings. The number of carbonyl (C=O) groups is 1. The van der Waals surface area contributed by atoms with Crippen molar-refractivity contribution in [1.82, 2.24) is 9.97 Å². The van der Waals surface area contributed by atoms with Crippen LogP contribution in [0.2, 0.25) is 0 Å². The molecule has 3 aromatic rings. The summed E-state index contributed by atoms with van der Waals surface area (Å²) in [7, 11) is 0. The number of fused-ring (bicyclic) bond motifs is 1. The number of rotatable bonds is 5. The van der Waals surface area contributed by atoms with Crippen LogP contribution in [0.5, 0.6) is 0 Å². The Balaban J connectivity index is 2.02. The fraction of sp³-hybridized carbons (Fsp3) is 0.0625. The lowest BCUT2D eigenvalue weighted by Gasteiger charge is -2.04. The van der Waals surface area contributed by atoms with Gasteiger partial charge in [0.05, 0.1) is 17.4 Å². The van der Waals surface area contributed by atoms with Crippen LogP contribution in [0.3, 0.4) is 0 Å². The third-order valence-corrected chi connectivity index (χ3v) is 3.07. The molecule has 3 rings (SSSR count). The lowest BCUT2D eigenvalue weighted by atomic mass is 10.1. The zero-order chi connectivity index (χ0) is 15.4. The number of H-pyrrole nitrogens is 1. The Morgan fingerprint density at radius 3 is 2.82 bits per heavy atom. The molecule has 0 unspecified atom stereocenters. The molecule has 2 N–H and O–H groups in total. The van der Waals surface area contributed by atoms with Crippen LogP contribution >= 0.6 is 0 Å². The van der Waals surface area contributed by atoms with E-state index in [0.717, 1.165) is 22.2 Å². The van der Waals surface area contributed by atoms with Gasteiger partial charge in [-0.15, -0.1) is 0 Å². The van der Waals surface area contributed by atoms with Crippen LogP contribution in [0.1, 0.15) is 11.3 Å². The second kappa shape index (κ2) is 6.09. The Hall–Kier alpha value is -3.15. The highest BCUT2D eigenvalue weighted by atomic mass is 16.6. The van der Waals surface area contributed by atoms with Gasteiger partial charge in [-0.1, -0.05) is 35.5 Å². The van der Waals surface area contributed by atoms with Crippen LogP contribution < -0.4 is 0 Å². The number of nitrogens with zero attached hydrogens (tertiary/aromatic N) is 2. The van der Waals surface area contributed by atoms with E-state index < -0.39 is 12.6 Å². The van der Waals surface area contributed by atoms with Crippen molar-refractivity contribution in [3.63, 3.8) is 0 Å². The lowest BCUT2D eigenvalue weighted by Crippen LogP contribution is -2.08. The highest BCUT2D eigenvalue weighted by molar-refractivity contribution is 6.13. The quantitative estimate of drug-likeness (QED) is 0.559. The summed E-state index contributed by atoms with van der Waals surface area (Å²) in [6.45, 7) is -0.488. The van der Waals surface area contributed by atoms with Crippen molar-refractivity contribution in [3.8, 4) is 0 Å². The summed E-state index contributed by atoms with van der Waals surface area (Å²) in [5.74, 6) is -1.07.